The van der Waals surface area contributed by atoms with E-state index in [4.69, 9.17) is 12.2 Å². The lowest BCUT2D eigenvalue weighted by Gasteiger charge is -1.97. The quantitative estimate of drug-likeness (QED) is 0.617. The Balaban J connectivity index is 2.19. The van der Waals surface area contributed by atoms with E-state index in [-0.39, 0.29) is 5.91 Å². The monoisotopic (exact) mass is 244 g/mol. The summed E-state index contributed by atoms with van der Waals surface area (Å²) in [5.41, 5.74) is 2.57. The number of rotatable bonds is 2. The first-order valence-corrected chi connectivity index (χ1v) is 5.63. The van der Waals surface area contributed by atoms with E-state index in [2.05, 4.69) is 10.6 Å². The molecule has 0 saturated carbocycles. The Hall–Kier alpha value is -1.94. The zero-order valence-electron chi connectivity index (χ0n) is 9.36. The lowest BCUT2D eigenvalue weighted by molar-refractivity contribution is -0.115. The topological polar surface area (TPSA) is 41.1 Å². The lowest BCUT2D eigenvalue weighted by atomic mass is 10.1. The number of nitrogens with one attached hydrogen (secondary N) is 2. The molecular formula is C13H12N2OS. The second-order valence-electron chi connectivity index (χ2n) is 3.77. The molecule has 1 aromatic carbocycles. The molecule has 0 atom stereocenters. The van der Waals surface area contributed by atoms with Gasteiger partial charge in [-0.25, -0.2) is 0 Å². The summed E-state index contributed by atoms with van der Waals surface area (Å²) in [6.07, 6.45) is 3.78. The van der Waals surface area contributed by atoms with Crippen molar-refractivity contribution in [3.8, 4) is 0 Å². The molecule has 0 radical (unpaired) electrons. The highest BCUT2D eigenvalue weighted by molar-refractivity contribution is 7.80. The SMILES string of the molecule is CC(=Cc1ccccc1)/C=C1\NC(=S)NC1=O. The fourth-order valence-corrected chi connectivity index (χ4v) is 1.77. The van der Waals surface area contributed by atoms with Crippen molar-refractivity contribution < 1.29 is 4.79 Å². The first-order chi connectivity index (χ1) is 8.15. The van der Waals surface area contributed by atoms with Crippen LogP contribution in [0, 0.1) is 0 Å². The van der Waals surface area contributed by atoms with Crippen molar-refractivity contribution in [3.63, 3.8) is 0 Å². The smallest absolute Gasteiger partial charge is 0.273 e. The highest BCUT2D eigenvalue weighted by Crippen LogP contribution is 2.09. The number of carbonyl (C=O) groups excluding carboxylic acids is 1. The van der Waals surface area contributed by atoms with E-state index >= 15 is 0 Å². The summed E-state index contributed by atoms with van der Waals surface area (Å²) in [7, 11) is 0. The summed E-state index contributed by atoms with van der Waals surface area (Å²) in [5.74, 6) is -0.184. The van der Waals surface area contributed by atoms with E-state index in [0.717, 1.165) is 11.1 Å². The molecule has 0 aliphatic carbocycles. The van der Waals surface area contributed by atoms with Crippen LogP contribution in [-0.4, -0.2) is 11.0 Å². The Bertz CT molecular complexity index is 517. The molecule has 4 heteroatoms. The third kappa shape index (κ3) is 3.01. The third-order valence-corrected chi connectivity index (χ3v) is 2.49. The lowest BCUT2D eigenvalue weighted by Crippen LogP contribution is -2.21. The average Bonchev–Trinajstić information content (AvgIpc) is 2.58. The average molecular weight is 244 g/mol. The highest BCUT2D eigenvalue weighted by atomic mass is 32.1. The molecular weight excluding hydrogens is 232 g/mol. The molecule has 17 heavy (non-hydrogen) atoms. The molecule has 2 N–H and O–H groups in total. The number of carbonyl (C=O) groups is 1. The number of thiocarbonyl (C=S) groups is 1. The van der Waals surface area contributed by atoms with E-state index in [1.807, 2.05) is 43.3 Å². The van der Waals surface area contributed by atoms with E-state index < -0.39 is 0 Å². The summed E-state index contributed by atoms with van der Waals surface area (Å²) in [4.78, 5) is 11.4. The van der Waals surface area contributed by atoms with Gasteiger partial charge in [0.2, 0.25) is 0 Å². The van der Waals surface area contributed by atoms with Crippen molar-refractivity contribution in [2.24, 2.45) is 0 Å². The normalized spacial score (nSPS) is 18.2. The van der Waals surface area contributed by atoms with Gasteiger partial charge in [0, 0.05) is 0 Å². The number of hydrogen-bond donors (Lipinski definition) is 2. The maximum Gasteiger partial charge on any atom is 0.273 e. The standard InChI is InChI=1S/C13H12N2OS/c1-9(7-10-5-3-2-4-6-10)8-11-12(16)15-13(17)14-11/h2-8H,1H3,(H2,14,15,16,17)/b9-7?,11-8-. The van der Waals surface area contributed by atoms with Crippen molar-refractivity contribution in [1.29, 1.82) is 0 Å². The fourth-order valence-electron chi connectivity index (χ4n) is 1.56. The third-order valence-electron chi connectivity index (χ3n) is 2.29. The molecule has 1 aliphatic rings. The van der Waals surface area contributed by atoms with Gasteiger partial charge in [-0.3, -0.25) is 10.1 Å². The predicted molar refractivity (Wildman–Crippen MR) is 72.1 cm³/mol. The maximum absolute atomic E-state index is 11.4. The molecule has 0 bridgehead atoms. The summed E-state index contributed by atoms with van der Waals surface area (Å²) in [6.45, 7) is 1.94. The van der Waals surface area contributed by atoms with Gasteiger partial charge in [-0.1, -0.05) is 36.4 Å². The van der Waals surface area contributed by atoms with E-state index in [1.165, 1.54) is 0 Å². The van der Waals surface area contributed by atoms with Crippen LogP contribution in [0.2, 0.25) is 0 Å². The van der Waals surface area contributed by atoms with Gasteiger partial charge >= 0.3 is 0 Å². The van der Waals surface area contributed by atoms with Crippen LogP contribution in [0.15, 0.2) is 47.7 Å². The van der Waals surface area contributed by atoms with Crippen molar-refractivity contribution in [3.05, 3.63) is 53.2 Å². The first-order valence-electron chi connectivity index (χ1n) is 5.22. The van der Waals surface area contributed by atoms with E-state index in [1.54, 1.807) is 6.08 Å². The summed E-state index contributed by atoms with van der Waals surface area (Å²) >= 11 is 4.85. The summed E-state index contributed by atoms with van der Waals surface area (Å²) in [6, 6.07) is 9.93. The number of benzene rings is 1. The van der Waals surface area contributed by atoms with Gasteiger partial charge in [-0.15, -0.1) is 0 Å². The van der Waals surface area contributed by atoms with Crippen LogP contribution in [0.4, 0.5) is 0 Å². The molecule has 1 heterocycles. The van der Waals surface area contributed by atoms with Gasteiger partial charge in [0.15, 0.2) is 5.11 Å². The molecule has 0 spiro atoms. The molecule has 0 aromatic heterocycles. The minimum atomic E-state index is -0.184. The molecule has 1 aliphatic heterocycles. The van der Waals surface area contributed by atoms with E-state index in [0.29, 0.717) is 10.8 Å². The van der Waals surface area contributed by atoms with Crippen LogP contribution >= 0.6 is 12.2 Å². The molecule has 1 amide bonds. The predicted octanol–water partition coefficient (Wildman–Crippen LogP) is 1.98. The number of amides is 1. The number of hydrogen-bond acceptors (Lipinski definition) is 2. The molecule has 86 valence electrons. The molecule has 1 aromatic rings. The van der Waals surface area contributed by atoms with Gasteiger partial charge in [0.1, 0.15) is 5.70 Å². The fraction of sp³-hybridized carbons (Fsp3) is 0.0769. The van der Waals surface area contributed by atoms with Crippen LogP contribution in [-0.2, 0) is 4.79 Å². The summed E-state index contributed by atoms with van der Waals surface area (Å²) in [5, 5.41) is 5.69. The molecule has 2 rings (SSSR count). The van der Waals surface area contributed by atoms with Gasteiger partial charge in [-0.05, 0) is 36.4 Å². The largest absolute Gasteiger partial charge is 0.328 e. The second kappa shape index (κ2) is 4.93. The minimum Gasteiger partial charge on any atom is -0.328 e. The Morgan fingerprint density at radius 1 is 1.24 bits per heavy atom. The molecule has 1 saturated heterocycles. The van der Waals surface area contributed by atoms with Gasteiger partial charge in [-0.2, -0.15) is 0 Å². The van der Waals surface area contributed by atoms with Gasteiger partial charge in [0.25, 0.3) is 5.91 Å². The van der Waals surface area contributed by atoms with Crippen LogP contribution in [0.5, 0.6) is 0 Å². The first kappa shape index (κ1) is 11.5. The van der Waals surface area contributed by atoms with Crippen molar-refractivity contribution in [2.45, 2.75) is 6.92 Å². The van der Waals surface area contributed by atoms with Gasteiger partial charge < -0.3 is 5.32 Å². The van der Waals surface area contributed by atoms with Crippen LogP contribution in [0.1, 0.15) is 12.5 Å². The highest BCUT2D eigenvalue weighted by Gasteiger charge is 2.19. The van der Waals surface area contributed by atoms with Crippen LogP contribution in [0.25, 0.3) is 6.08 Å². The van der Waals surface area contributed by atoms with Crippen molar-refractivity contribution in [2.75, 3.05) is 0 Å². The van der Waals surface area contributed by atoms with Gasteiger partial charge in [0.05, 0.1) is 0 Å². The van der Waals surface area contributed by atoms with Crippen LogP contribution in [0.3, 0.4) is 0 Å². The molecule has 1 fully saturated rings. The zero-order valence-corrected chi connectivity index (χ0v) is 10.2. The Kier molecular flexibility index (Phi) is 3.35. The van der Waals surface area contributed by atoms with Crippen molar-refractivity contribution >= 4 is 29.3 Å². The zero-order chi connectivity index (χ0) is 12.3. The van der Waals surface area contributed by atoms with Crippen LogP contribution < -0.4 is 10.6 Å². The number of allylic oxidation sites excluding steroid dienone is 2. The Labute approximate surface area is 105 Å². The second-order valence-corrected chi connectivity index (χ2v) is 4.17. The molecule has 3 nitrogen and oxygen atoms in total. The minimum absolute atomic E-state index is 0.184. The Morgan fingerprint density at radius 3 is 2.53 bits per heavy atom. The molecule has 0 unspecified atom stereocenters. The Morgan fingerprint density at radius 2 is 1.94 bits per heavy atom. The summed E-state index contributed by atoms with van der Waals surface area (Å²) < 4.78 is 0. The van der Waals surface area contributed by atoms with E-state index in [9.17, 15) is 4.79 Å². The van der Waals surface area contributed by atoms with Crippen molar-refractivity contribution in [1.82, 2.24) is 10.6 Å². The maximum atomic E-state index is 11.4.